The van der Waals surface area contributed by atoms with E-state index in [-0.39, 0.29) is 16.8 Å². The second kappa shape index (κ2) is 6.62. The van der Waals surface area contributed by atoms with Crippen LogP contribution in [0.3, 0.4) is 0 Å². The number of carbonyl (C=O) groups is 2. The lowest BCUT2D eigenvalue weighted by Crippen LogP contribution is -2.34. The summed E-state index contributed by atoms with van der Waals surface area (Å²) in [5.74, 6) is 0. The predicted molar refractivity (Wildman–Crippen MR) is 68.3 cm³/mol. The average molecular weight is 268 g/mol. The summed E-state index contributed by atoms with van der Waals surface area (Å²) in [6, 6.07) is 4.12. The fourth-order valence-corrected chi connectivity index (χ4v) is 1.30. The van der Waals surface area contributed by atoms with Gasteiger partial charge >= 0.3 is 19.3 Å². The van der Waals surface area contributed by atoms with Crippen molar-refractivity contribution in [2.45, 2.75) is 0 Å². The van der Waals surface area contributed by atoms with Crippen LogP contribution >= 0.6 is 0 Å². The van der Waals surface area contributed by atoms with Crippen molar-refractivity contribution in [2.75, 3.05) is 24.9 Å². The summed E-state index contributed by atoms with van der Waals surface area (Å²) in [6.07, 6.45) is -1.46. The topological polar surface area (TPSA) is 117 Å². The number of anilines is 2. The first-order valence-electron chi connectivity index (χ1n) is 5.18. The zero-order chi connectivity index (χ0) is 14.4. The van der Waals surface area contributed by atoms with E-state index in [1.165, 1.54) is 32.4 Å². The molecule has 0 aliphatic carbocycles. The van der Waals surface area contributed by atoms with Crippen LogP contribution in [-0.4, -0.2) is 43.6 Å². The maximum absolute atomic E-state index is 11.1. The van der Waals surface area contributed by atoms with Gasteiger partial charge in [-0.25, -0.2) is 9.59 Å². The highest BCUT2D eigenvalue weighted by molar-refractivity contribution is 6.61. The second-order valence-electron chi connectivity index (χ2n) is 3.41. The van der Waals surface area contributed by atoms with E-state index in [1.807, 2.05) is 0 Å². The van der Waals surface area contributed by atoms with Gasteiger partial charge in [-0.3, -0.25) is 10.6 Å². The normalized spacial score (nSPS) is 9.47. The Kier molecular flexibility index (Phi) is 5.16. The van der Waals surface area contributed by atoms with Crippen LogP contribution in [0.25, 0.3) is 0 Å². The van der Waals surface area contributed by atoms with E-state index in [2.05, 4.69) is 20.1 Å². The first-order valence-corrected chi connectivity index (χ1v) is 5.18. The Labute approximate surface area is 109 Å². The van der Waals surface area contributed by atoms with Crippen LogP contribution in [0.2, 0.25) is 0 Å². The van der Waals surface area contributed by atoms with Gasteiger partial charge in [0, 0.05) is 16.8 Å². The number of ether oxygens (including phenoxy) is 2. The van der Waals surface area contributed by atoms with E-state index in [9.17, 15) is 19.6 Å². The first-order chi connectivity index (χ1) is 8.97. The molecule has 0 bridgehead atoms. The van der Waals surface area contributed by atoms with Crippen LogP contribution in [0.1, 0.15) is 0 Å². The molecule has 0 heterocycles. The van der Waals surface area contributed by atoms with Crippen molar-refractivity contribution >= 4 is 36.1 Å². The van der Waals surface area contributed by atoms with Crippen LogP contribution in [-0.2, 0) is 9.47 Å². The molecule has 8 nitrogen and oxygen atoms in total. The molecule has 0 saturated carbocycles. The SMILES string of the molecule is COC(=O)Nc1ccc(NC(=O)OC)c(B(O)O)c1. The summed E-state index contributed by atoms with van der Waals surface area (Å²) in [7, 11) is 0.550. The predicted octanol–water partition coefficient (Wildman–Crippen LogP) is -0.277. The van der Waals surface area contributed by atoms with Crippen molar-refractivity contribution < 1.29 is 29.1 Å². The van der Waals surface area contributed by atoms with Crippen molar-refractivity contribution in [1.82, 2.24) is 0 Å². The molecule has 0 aromatic heterocycles. The van der Waals surface area contributed by atoms with Gasteiger partial charge in [0.15, 0.2) is 0 Å². The van der Waals surface area contributed by atoms with Gasteiger partial charge in [0.1, 0.15) is 0 Å². The summed E-state index contributed by atoms with van der Waals surface area (Å²) in [5.41, 5.74) is 0.432. The minimum atomic E-state index is -1.83. The molecule has 102 valence electrons. The maximum atomic E-state index is 11.1. The summed E-state index contributed by atoms with van der Waals surface area (Å²) in [4.78, 5) is 22.1. The third-order valence-corrected chi connectivity index (χ3v) is 2.18. The summed E-state index contributed by atoms with van der Waals surface area (Å²) < 4.78 is 8.80. The minimum absolute atomic E-state index is 0.000645. The van der Waals surface area contributed by atoms with E-state index in [4.69, 9.17) is 0 Å². The molecule has 0 unspecified atom stereocenters. The molecule has 4 N–H and O–H groups in total. The second-order valence-corrected chi connectivity index (χ2v) is 3.41. The zero-order valence-corrected chi connectivity index (χ0v) is 10.3. The van der Waals surface area contributed by atoms with E-state index in [0.29, 0.717) is 0 Å². The highest BCUT2D eigenvalue weighted by Gasteiger charge is 2.19. The number of benzene rings is 1. The first kappa shape index (κ1) is 14.8. The summed E-state index contributed by atoms with van der Waals surface area (Å²) in [5, 5.41) is 23.1. The molecule has 0 spiro atoms. The van der Waals surface area contributed by atoms with Gasteiger partial charge in [-0.1, -0.05) is 0 Å². The largest absolute Gasteiger partial charge is 0.490 e. The number of rotatable bonds is 3. The number of carbonyl (C=O) groups excluding carboxylic acids is 2. The molecule has 0 aliphatic rings. The molecule has 0 aliphatic heterocycles. The molecule has 0 atom stereocenters. The van der Waals surface area contributed by atoms with Crippen LogP contribution in [0.15, 0.2) is 18.2 Å². The smallest absolute Gasteiger partial charge is 0.453 e. The molecule has 2 amide bonds. The lowest BCUT2D eigenvalue weighted by Gasteiger charge is -2.12. The third-order valence-electron chi connectivity index (χ3n) is 2.18. The van der Waals surface area contributed by atoms with Gasteiger partial charge in [-0.2, -0.15) is 0 Å². The Morgan fingerprint density at radius 2 is 1.68 bits per heavy atom. The Balaban J connectivity index is 3.00. The number of hydrogen-bond donors (Lipinski definition) is 4. The molecule has 0 fully saturated rings. The van der Waals surface area contributed by atoms with Crippen molar-refractivity contribution in [3.63, 3.8) is 0 Å². The average Bonchev–Trinajstić information content (AvgIpc) is 2.39. The molecule has 1 aromatic carbocycles. The quantitative estimate of drug-likeness (QED) is 0.560. The van der Waals surface area contributed by atoms with Gasteiger partial charge in [0.25, 0.3) is 0 Å². The van der Waals surface area contributed by atoms with E-state index >= 15 is 0 Å². The standard InChI is InChI=1S/C10H13BN2O6/c1-18-9(14)12-6-3-4-8(13-10(15)19-2)7(5-6)11(16)17/h3-5,16-17H,1-2H3,(H,12,14)(H,13,15). The highest BCUT2D eigenvalue weighted by Crippen LogP contribution is 2.12. The number of methoxy groups -OCH3 is 2. The van der Waals surface area contributed by atoms with Gasteiger partial charge in [-0.15, -0.1) is 0 Å². The Bertz CT molecular complexity index is 479. The van der Waals surface area contributed by atoms with E-state index in [0.717, 1.165) is 0 Å². The molecule has 0 radical (unpaired) electrons. The van der Waals surface area contributed by atoms with Crippen molar-refractivity contribution in [3.05, 3.63) is 18.2 Å². The van der Waals surface area contributed by atoms with Crippen LogP contribution in [0.5, 0.6) is 0 Å². The Morgan fingerprint density at radius 1 is 1.11 bits per heavy atom. The van der Waals surface area contributed by atoms with Crippen molar-refractivity contribution in [1.29, 1.82) is 0 Å². The molecule has 0 saturated heterocycles. The fraction of sp³-hybridized carbons (Fsp3) is 0.200. The zero-order valence-electron chi connectivity index (χ0n) is 10.3. The molecular formula is C10H13BN2O6. The lowest BCUT2D eigenvalue weighted by atomic mass is 9.78. The highest BCUT2D eigenvalue weighted by atomic mass is 16.5. The van der Waals surface area contributed by atoms with Gasteiger partial charge in [0.2, 0.25) is 0 Å². The van der Waals surface area contributed by atoms with E-state index < -0.39 is 19.3 Å². The monoisotopic (exact) mass is 268 g/mol. The van der Waals surface area contributed by atoms with E-state index in [1.54, 1.807) is 0 Å². The Morgan fingerprint density at radius 3 is 2.21 bits per heavy atom. The van der Waals surface area contributed by atoms with Crippen LogP contribution in [0, 0.1) is 0 Å². The number of amides is 2. The van der Waals surface area contributed by atoms with Crippen LogP contribution < -0.4 is 16.1 Å². The summed E-state index contributed by atoms with van der Waals surface area (Å²) in [6.45, 7) is 0. The summed E-state index contributed by atoms with van der Waals surface area (Å²) >= 11 is 0. The van der Waals surface area contributed by atoms with Crippen LogP contribution in [0.4, 0.5) is 21.0 Å². The fourth-order valence-electron chi connectivity index (χ4n) is 1.30. The lowest BCUT2D eigenvalue weighted by molar-refractivity contribution is 0.186. The van der Waals surface area contributed by atoms with Gasteiger partial charge in [0.05, 0.1) is 14.2 Å². The van der Waals surface area contributed by atoms with Gasteiger partial charge in [-0.05, 0) is 18.2 Å². The van der Waals surface area contributed by atoms with Crippen molar-refractivity contribution in [3.8, 4) is 0 Å². The third kappa shape index (κ3) is 4.16. The molecular weight excluding hydrogens is 255 g/mol. The van der Waals surface area contributed by atoms with Gasteiger partial charge < -0.3 is 19.5 Å². The number of hydrogen-bond acceptors (Lipinski definition) is 6. The molecule has 19 heavy (non-hydrogen) atoms. The Hall–Kier alpha value is -2.26. The van der Waals surface area contributed by atoms with Crippen molar-refractivity contribution in [2.24, 2.45) is 0 Å². The maximum Gasteiger partial charge on any atom is 0.490 e. The molecule has 1 rings (SSSR count). The molecule has 1 aromatic rings. The molecule has 9 heteroatoms. The minimum Gasteiger partial charge on any atom is -0.453 e. The number of nitrogens with one attached hydrogen (secondary N) is 2.